The molecule has 0 aliphatic rings. The Morgan fingerprint density at radius 2 is 1.59 bits per heavy atom. The molecule has 2 aromatic carbocycles. The standard InChI is InChI=1S/C20H20N6O3/c1-15(25-22-14-8-13-21)18(19(27)23-16-9-4-2-5-10-16)26-29-20(28)24-17-11-6-3-7-12-17/h2-7,9-12,22H,8,14H2,1H3,(H,23,27)(H,24,28)/b25-15?,26-18+. The molecule has 0 fully saturated rings. The summed E-state index contributed by atoms with van der Waals surface area (Å²) >= 11 is 0. The molecule has 0 aliphatic carbocycles. The number of hydrazone groups is 1. The van der Waals surface area contributed by atoms with Crippen LogP contribution in [0.5, 0.6) is 0 Å². The summed E-state index contributed by atoms with van der Waals surface area (Å²) in [6, 6.07) is 19.4. The summed E-state index contributed by atoms with van der Waals surface area (Å²) in [6.45, 7) is 1.83. The molecule has 0 unspecified atom stereocenters. The quantitative estimate of drug-likeness (QED) is 0.275. The summed E-state index contributed by atoms with van der Waals surface area (Å²) < 4.78 is 0. The fourth-order valence-corrected chi connectivity index (χ4v) is 2.07. The lowest BCUT2D eigenvalue weighted by Gasteiger charge is -2.08. The smallest absolute Gasteiger partial charge is 0.320 e. The predicted molar refractivity (Wildman–Crippen MR) is 110 cm³/mol. The lowest BCUT2D eigenvalue weighted by Crippen LogP contribution is -2.31. The molecule has 0 aromatic heterocycles. The van der Waals surface area contributed by atoms with E-state index in [0.717, 1.165) is 0 Å². The van der Waals surface area contributed by atoms with Crippen molar-refractivity contribution in [3.63, 3.8) is 0 Å². The fourth-order valence-electron chi connectivity index (χ4n) is 2.07. The molecule has 2 amide bonds. The molecule has 2 rings (SSSR count). The Morgan fingerprint density at radius 3 is 2.17 bits per heavy atom. The second kappa shape index (κ2) is 11.5. The molecule has 29 heavy (non-hydrogen) atoms. The number of amides is 2. The van der Waals surface area contributed by atoms with Crippen molar-refractivity contribution in [2.75, 3.05) is 17.2 Å². The number of hydrogen-bond donors (Lipinski definition) is 3. The normalized spacial score (nSPS) is 11.2. The van der Waals surface area contributed by atoms with Gasteiger partial charge < -0.3 is 10.7 Å². The summed E-state index contributed by atoms with van der Waals surface area (Å²) in [4.78, 5) is 29.4. The number of benzene rings is 2. The van der Waals surface area contributed by atoms with Gasteiger partial charge in [-0.2, -0.15) is 10.4 Å². The Labute approximate surface area is 168 Å². The van der Waals surface area contributed by atoms with Crippen molar-refractivity contribution in [2.45, 2.75) is 13.3 Å². The molecule has 0 spiro atoms. The van der Waals surface area contributed by atoms with E-state index < -0.39 is 12.0 Å². The molecule has 9 heteroatoms. The van der Waals surface area contributed by atoms with Gasteiger partial charge in [0.15, 0.2) is 5.71 Å². The monoisotopic (exact) mass is 392 g/mol. The molecule has 9 nitrogen and oxygen atoms in total. The molecule has 0 bridgehead atoms. The van der Waals surface area contributed by atoms with Crippen LogP contribution in [0.1, 0.15) is 13.3 Å². The molecule has 2 aromatic rings. The van der Waals surface area contributed by atoms with Crippen LogP contribution in [-0.4, -0.2) is 30.0 Å². The predicted octanol–water partition coefficient (Wildman–Crippen LogP) is 3.11. The van der Waals surface area contributed by atoms with E-state index in [1.807, 2.05) is 12.1 Å². The van der Waals surface area contributed by atoms with Crippen LogP contribution in [0.25, 0.3) is 0 Å². The molecule has 3 N–H and O–H groups in total. The number of hydrogen-bond acceptors (Lipinski definition) is 7. The van der Waals surface area contributed by atoms with Crippen LogP contribution in [-0.2, 0) is 9.63 Å². The van der Waals surface area contributed by atoms with Crippen molar-refractivity contribution in [1.29, 1.82) is 5.26 Å². The van der Waals surface area contributed by atoms with Crippen LogP contribution < -0.4 is 16.1 Å². The van der Waals surface area contributed by atoms with E-state index in [4.69, 9.17) is 10.1 Å². The molecule has 0 radical (unpaired) electrons. The van der Waals surface area contributed by atoms with E-state index in [0.29, 0.717) is 17.9 Å². The molecule has 0 saturated heterocycles. The van der Waals surface area contributed by atoms with Gasteiger partial charge in [0.25, 0.3) is 5.91 Å². The maximum absolute atomic E-state index is 12.6. The van der Waals surface area contributed by atoms with Gasteiger partial charge in [0.05, 0.1) is 18.2 Å². The van der Waals surface area contributed by atoms with Gasteiger partial charge in [0, 0.05) is 17.9 Å². The topological polar surface area (TPSA) is 128 Å². The third-order valence-electron chi connectivity index (χ3n) is 3.42. The number of nitrogens with zero attached hydrogens (tertiary/aromatic N) is 3. The number of rotatable bonds is 8. The average molecular weight is 392 g/mol. The van der Waals surface area contributed by atoms with Crippen LogP contribution in [0.4, 0.5) is 16.2 Å². The van der Waals surface area contributed by atoms with Gasteiger partial charge in [-0.1, -0.05) is 41.6 Å². The van der Waals surface area contributed by atoms with Gasteiger partial charge in [-0.15, -0.1) is 0 Å². The van der Waals surface area contributed by atoms with Crippen LogP contribution in [0.2, 0.25) is 0 Å². The number of carbonyl (C=O) groups excluding carboxylic acids is 2. The number of carbonyl (C=O) groups is 2. The Balaban J connectivity index is 2.11. The van der Waals surface area contributed by atoms with E-state index in [2.05, 4.69) is 26.3 Å². The summed E-state index contributed by atoms with van der Waals surface area (Å²) in [7, 11) is 0. The zero-order chi connectivity index (χ0) is 20.9. The first kappa shape index (κ1) is 21.1. The highest BCUT2D eigenvalue weighted by Crippen LogP contribution is 2.07. The van der Waals surface area contributed by atoms with Crippen molar-refractivity contribution in [2.24, 2.45) is 10.3 Å². The number of anilines is 2. The molecule has 0 aliphatic heterocycles. The molecule has 0 heterocycles. The van der Waals surface area contributed by atoms with Crippen molar-refractivity contribution >= 4 is 34.8 Å². The Morgan fingerprint density at radius 1 is 1.00 bits per heavy atom. The molecule has 148 valence electrons. The highest BCUT2D eigenvalue weighted by Gasteiger charge is 2.18. The Hall–Kier alpha value is -4.19. The summed E-state index contributed by atoms with van der Waals surface area (Å²) in [6.07, 6.45) is -0.610. The number of nitriles is 1. The lowest BCUT2D eigenvalue weighted by molar-refractivity contribution is -0.110. The third-order valence-corrected chi connectivity index (χ3v) is 3.42. The highest BCUT2D eigenvalue weighted by atomic mass is 16.7. The molecule has 0 saturated carbocycles. The Kier molecular flexibility index (Phi) is 8.38. The third kappa shape index (κ3) is 7.52. The second-order valence-electron chi connectivity index (χ2n) is 5.64. The van der Waals surface area contributed by atoms with Gasteiger partial charge in [-0.3, -0.25) is 14.9 Å². The minimum Gasteiger partial charge on any atom is -0.320 e. The first-order valence-electron chi connectivity index (χ1n) is 8.72. The van der Waals surface area contributed by atoms with E-state index in [1.165, 1.54) is 6.92 Å². The SMILES string of the molecule is CC(=NNCCC#N)/C(=N\OC(=O)Nc1ccccc1)C(=O)Nc1ccccc1. The van der Waals surface area contributed by atoms with Crippen molar-refractivity contribution in [3.05, 3.63) is 60.7 Å². The first-order valence-corrected chi connectivity index (χ1v) is 8.72. The number of nitrogens with one attached hydrogen (secondary N) is 3. The maximum atomic E-state index is 12.6. The second-order valence-corrected chi connectivity index (χ2v) is 5.64. The molecular weight excluding hydrogens is 372 g/mol. The van der Waals surface area contributed by atoms with Crippen molar-refractivity contribution in [3.8, 4) is 6.07 Å². The van der Waals surface area contributed by atoms with Crippen LogP contribution in [0.3, 0.4) is 0 Å². The van der Waals surface area contributed by atoms with E-state index in [9.17, 15) is 9.59 Å². The molecule has 0 atom stereocenters. The summed E-state index contributed by atoms with van der Waals surface area (Å²) in [5, 5.41) is 21.4. The van der Waals surface area contributed by atoms with Crippen molar-refractivity contribution < 1.29 is 14.4 Å². The number of para-hydroxylation sites is 2. The van der Waals surface area contributed by atoms with Gasteiger partial charge in [-0.25, -0.2) is 4.79 Å². The Bertz CT molecular complexity index is 920. The first-order chi connectivity index (χ1) is 14.1. The maximum Gasteiger partial charge on any atom is 0.437 e. The van der Waals surface area contributed by atoms with E-state index in [-0.39, 0.29) is 17.8 Å². The number of oxime groups is 1. The average Bonchev–Trinajstić information content (AvgIpc) is 2.73. The van der Waals surface area contributed by atoms with Gasteiger partial charge in [0.2, 0.25) is 0 Å². The van der Waals surface area contributed by atoms with Gasteiger partial charge in [0.1, 0.15) is 0 Å². The van der Waals surface area contributed by atoms with E-state index >= 15 is 0 Å². The van der Waals surface area contributed by atoms with Crippen molar-refractivity contribution in [1.82, 2.24) is 5.43 Å². The van der Waals surface area contributed by atoms with Crippen LogP contribution in [0.15, 0.2) is 70.9 Å². The zero-order valence-corrected chi connectivity index (χ0v) is 15.8. The lowest BCUT2D eigenvalue weighted by atomic mass is 10.2. The minimum atomic E-state index is -0.855. The minimum absolute atomic E-state index is 0.184. The van der Waals surface area contributed by atoms with Gasteiger partial charge in [-0.05, 0) is 31.2 Å². The van der Waals surface area contributed by atoms with Crippen LogP contribution in [0, 0.1) is 11.3 Å². The largest absolute Gasteiger partial charge is 0.437 e. The zero-order valence-electron chi connectivity index (χ0n) is 15.8. The summed E-state index contributed by atoms with van der Waals surface area (Å²) in [5.41, 5.74) is 3.72. The molecular formula is C20H20N6O3. The fraction of sp³-hybridized carbons (Fsp3) is 0.150. The highest BCUT2D eigenvalue weighted by molar-refractivity contribution is 6.68. The van der Waals surface area contributed by atoms with Crippen LogP contribution >= 0.6 is 0 Å². The summed E-state index contributed by atoms with van der Waals surface area (Å²) in [5.74, 6) is -0.605. The van der Waals surface area contributed by atoms with Gasteiger partial charge >= 0.3 is 6.09 Å². The van der Waals surface area contributed by atoms with E-state index in [1.54, 1.807) is 54.6 Å².